The molecule has 1 aromatic rings. The van der Waals surface area contributed by atoms with Crippen LogP contribution in [-0.4, -0.2) is 28.2 Å². The molecule has 0 unspecified atom stereocenters. The molecule has 7 nitrogen and oxygen atoms in total. The van der Waals surface area contributed by atoms with Crippen LogP contribution >= 0.6 is 0 Å². The van der Waals surface area contributed by atoms with Gasteiger partial charge in [-0.15, -0.1) is 0 Å². The Kier molecular flexibility index (Phi) is 13.5. The Morgan fingerprint density at radius 2 is 1.66 bits per heavy atom. The quantitative estimate of drug-likeness (QED) is 0.192. The monoisotopic (exact) mass is 484 g/mol. The molecule has 2 rings (SSSR count). The van der Waals surface area contributed by atoms with Crippen LogP contribution in [0.3, 0.4) is 0 Å². The molecule has 1 N–H and O–H groups in total. The summed E-state index contributed by atoms with van der Waals surface area (Å²) in [7, 11) is 0. The van der Waals surface area contributed by atoms with E-state index in [2.05, 4.69) is 48.4 Å². The molecule has 0 saturated heterocycles. The average Bonchev–Trinajstić information content (AvgIpc) is 3.31. The summed E-state index contributed by atoms with van der Waals surface area (Å²) < 4.78 is 12.4. The van der Waals surface area contributed by atoms with Gasteiger partial charge in [0.1, 0.15) is 12.7 Å². The summed E-state index contributed by atoms with van der Waals surface area (Å²) in [6.07, 6.45) is 27.1. The van der Waals surface area contributed by atoms with Crippen LogP contribution in [0.25, 0.3) is 0 Å². The smallest absolute Gasteiger partial charge is 0.330 e. The van der Waals surface area contributed by atoms with Crippen molar-refractivity contribution >= 4 is 5.97 Å². The summed E-state index contributed by atoms with van der Waals surface area (Å²) in [6.45, 7) is 3.94. The highest BCUT2D eigenvalue weighted by atomic mass is 16.6. The molecule has 0 radical (unpaired) electrons. The number of unbranched alkanes of at least 4 members (excludes halogenated alkanes) is 5. The normalized spacial score (nSPS) is 17.9. The molecule has 0 bridgehead atoms. The number of aromatic nitrogens is 2. The second-order valence-electron chi connectivity index (χ2n) is 8.74. The van der Waals surface area contributed by atoms with Gasteiger partial charge in [0.2, 0.25) is 0 Å². The number of carbonyl (C=O) groups is 1. The van der Waals surface area contributed by atoms with Crippen LogP contribution in [0.2, 0.25) is 0 Å². The molecular weight excluding hydrogens is 444 g/mol. The zero-order valence-corrected chi connectivity index (χ0v) is 21.1. The van der Waals surface area contributed by atoms with E-state index < -0.39 is 23.6 Å². The SMILES string of the molecule is CCCCC/C=C\C/C=C\C/C=C\CCCCC(=O)OC[C@@H]1C=C[C@H](n2cc(C)c(=O)[nH]c2=O)O1. The van der Waals surface area contributed by atoms with E-state index in [-0.39, 0.29) is 12.6 Å². The Balaban J connectivity index is 1.50. The van der Waals surface area contributed by atoms with Crippen molar-refractivity contribution in [2.75, 3.05) is 6.61 Å². The van der Waals surface area contributed by atoms with E-state index in [1.165, 1.54) is 36.4 Å². The first-order valence-corrected chi connectivity index (χ1v) is 12.8. The lowest BCUT2D eigenvalue weighted by atomic mass is 10.1. The van der Waals surface area contributed by atoms with Crippen LogP contribution in [-0.2, 0) is 14.3 Å². The number of nitrogens with one attached hydrogen (secondary N) is 1. The number of nitrogens with zero attached hydrogens (tertiary/aromatic N) is 1. The van der Waals surface area contributed by atoms with E-state index in [0.717, 1.165) is 32.1 Å². The predicted octanol–water partition coefficient (Wildman–Crippen LogP) is 5.43. The van der Waals surface area contributed by atoms with Crippen LogP contribution in [0.15, 0.2) is 64.4 Å². The maximum absolute atomic E-state index is 12.0. The molecule has 0 amide bonds. The fourth-order valence-electron chi connectivity index (χ4n) is 3.59. The van der Waals surface area contributed by atoms with Crippen molar-refractivity contribution in [2.45, 2.75) is 90.4 Å². The maximum Gasteiger partial charge on any atom is 0.330 e. The predicted molar refractivity (Wildman–Crippen MR) is 139 cm³/mol. The minimum Gasteiger partial charge on any atom is -0.463 e. The van der Waals surface area contributed by atoms with Crippen molar-refractivity contribution < 1.29 is 14.3 Å². The summed E-state index contributed by atoms with van der Waals surface area (Å²) in [5.74, 6) is -0.253. The van der Waals surface area contributed by atoms with E-state index in [9.17, 15) is 14.4 Å². The summed E-state index contributed by atoms with van der Waals surface area (Å²) in [5, 5.41) is 0. The van der Waals surface area contributed by atoms with E-state index >= 15 is 0 Å². The number of H-pyrrole nitrogens is 1. The minimum absolute atomic E-state index is 0.100. The standard InChI is InChI=1S/C28H40N2O5/c1-3-4-5-6-7-8-9-10-11-12-13-14-15-16-17-18-26(31)34-22-24-19-20-25(35-24)30-21-23(2)27(32)29-28(30)33/h7-8,10-11,13-14,19-21,24-25H,3-6,9,12,15-18,22H2,1-2H3,(H,29,32,33)/b8-7-,11-10-,14-13-/t24-,25+/m0/s1. The molecule has 2 atom stereocenters. The van der Waals surface area contributed by atoms with Gasteiger partial charge in [0.25, 0.3) is 5.56 Å². The fourth-order valence-corrected chi connectivity index (χ4v) is 3.59. The first-order chi connectivity index (χ1) is 17.0. The van der Waals surface area contributed by atoms with Crippen LogP contribution in [0, 0.1) is 6.92 Å². The molecule has 1 aliphatic rings. The van der Waals surface area contributed by atoms with Crippen LogP contribution in [0.5, 0.6) is 0 Å². The summed E-state index contributed by atoms with van der Waals surface area (Å²) in [5.41, 5.74) is -0.533. The second-order valence-corrected chi connectivity index (χ2v) is 8.74. The van der Waals surface area contributed by atoms with Crippen LogP contribution < -0.4 is 11.2 Å². The third kappa shape index (κ3) is 11.4. The molecule has 0 aromatic carbocycles. The molecule has 192 valence electrons. The van der Waals surface area contributed by atoms with Gasteiger partial charge in [0.15, 0.2) is 6.23 Å². The van der Waals surface area contributed by atoms with Gasteiger partial charge in [-0.05, 0) is 57.9 Å². The number of aryl methyl sites for hydroxylation is 1. The topological polar surface area (TPSA) is 90.4 Å². The molecule has 0 saturated carbocycles. The molecule has 1 aromatic heterocycles. The van der Waals surface area contributed by atoms with Gasteiger partial charge in [0.05, 0.1) is 0 Å². The number of esters is 1. The third-order valence-corrected chi connectivity index (χ3v) is 5.65. The largest absolute Gasteiger partial charge is 0.463 e. The van der Waals surface area contributed by atoms with E-state index in [4.69, 9.17) is 9.47 Å². The third-order valence-electron chi connectivity index (χ3n) is 5.65. The van der Waals surface area contributed by atoms with Gasteiger partial charge < -0.3 is 9.47 Å². The maximum atomic E-state index is 12.0. The minimum atomic E-state index is -0.629. The average molecular weight is 485 g/mol. The first kappa shape index (κ1) is 28.3. The molecular formula is C28H40N2O5. The van der Waals surface area contributed by atoms with Gasteiger partial charge >= 0.3 is 11.7 Å². The van der Waals surface area contributed by atoms with E-state index in [1.54, 1.807) is 19.1 Å². The zero-order valence-electron chi connectivity index (χ0n) is 21.1. The van der Waals surface area contributed by atoms with E-state index in [0.29, 0.717) is 12.0 Å². The van der Waals surface area contributed by atoms with Gasteiger partial charge in [-0.25, -0.2) is 4.79 Å². The lowest BCUT2D eigenvalue weighted by Gasteiger charge is -2.16. The highest BCUT2D eigenvalue weighted by molar-refractivity contribution is 5.69. The second kappa shape index (κ2) is 16.7. The van der Waals surface area contributed by atoms with Gasteiger partial charge in [0, 0.05) is 18.2 Å². The Labute approximate surface area is 208 Å². The van der Waals surface area contributed by atoms with Crippen molar-refractivity contribution in [3.05, 3.63) is 81.2 Å². The van der Waals surface area contributed by atoms with E-state index in [1.807, 2.05) is 0 Å². The molecule has 0 aliphatic carbocycles. The van der Waals surface area contributed by atoms with Crippen molar-refractivity contribution in [3.8, 4) is 0 Å². The van der Waals surface area contributed by atoms with Crippen molar-refractivity contribution in [2.24, 2.45) is 0 Å². The van der Waals surface area contributed by atoms with Crippen molar-refractivity contribution in [3.63, 3.8) is 0 Å². The lowest BCUT2D eigenvalue weighted by Crippen LogP contribution is -2.33. The van der Waals surface area contributed by atoms with Gasteiger partial charge in [-0.2, -0.15) is 0 Å². The number of hydrogen-bond donors (Lipinski definition) is 1. The summed E-state index contributed by atoms with van der Waals surface area (Å²) in [6, 6.07) is 0. The first-order valence-electron chi connectivity index (χ1n) is 12.8. The Morgan fingerprint density at radius 3 is 2.34 bits per heavy atom. The number of hydrogen-bond acceptors (Lipinski definition) is 5. The Hall–Kier alpha value is -2.93. The molecule has 1 aliphatic heterocycles. The summed E-state index contributed by atoms with van der Waals surface area (Å²) >= 11 is 0. The van der Waals surface area contributed by atoms with Gasteiger partial charge in [-0.1, -0.05) is 62.3 Å². The van der Waals surface area contributed by atoms with Crippen LogP contribution in [0.4, 0.5) is 0 Å². The zero-order chi connectivity index (χ0) is 25.3. The fraction of sp³-hybridized carbons (Fsp3) is 0.536. The molecule has 7 heteroatoms. The number of carbonyl (C=O) groups excluding carboxylic acids is 1. The highest BCUT2D eigenvalue weighted by Crippen LogP contribution is 2.20. The Morgan fingerprint density at radius 1 is 1.00 bits per heavy atom. The number of allylic oxidation sites excluding steroid dienone is 6. The lowest BCUT2D eigenvalue weighted by molar-refractivity contribution is -0.147. The summed E-state index contributed by atoms with van der Waals surface area (Å²) in [4.78, 5) is 37.7. The highest BCUT2D eigenvalue weighted by Gasteiger charge is 2.23. The molecule has 0 fully saturated rings. The molecule has 35 heavy (non-hydrogen) atoms. The number of ether oxygens (including phenoxy) is 2. The Bertz CT molecular complexity index is 999. The number of aromatic amines is 1. The van der Waals surface area contributed by atoms with Crippen LogP contribution in [0.1, 0.15) is 82.9 Å². The van der Waals surface area contributed by atoms with Crippen molar-refractivity contribution in [1.82, 2.24) is 9.55 Å². The number of rotatable bonds is 16. The van der Waals surface area contributed by atoms with Gasteiger partial charge in [-0.3, -0.25) is 19.1 Å². The molecule has 0 spiro atoms. The molecule has 2 heterocycles. The van der Waals surface area contributed by atoms with Crippen molar-refractivity contribution in [1.29, 1.82) is 0 Å².